The predicted molar refractivity (Wildman–Crippen MR) is 89.6 cm³/mol. The number of amides is 1. The Morgan fingerprint density at radius 3 is 2.81 bits per heavy atom. The summed E-state index contributed by atoms with van der Waals surface area (Å²) in [6.45, 7) is 0. The second kappa shape index (κ2) is 5.67. The molecule has 0 atom stereocenters. The fraction of sp³-hybridized carbons (Fsp3) is 0. The van der Waals surface area contributed by atoms with Crippen molar-refractivity contribution in [3.05, 3.63) is 56.6 Å². The minimum atomic E-state index is -0.491. The van der Waals surface area contributed by atoms with Crippen molar-refractivity contribution < 1.29 is 9.18 Å². The number of halogens is 2. The minimum absolute atomic E-state index is 0.148. The second-order valence-electron chi connectivity index (χ2n) is 4.26. The zero-order valence-electron chi connectivity index (χ0n) is 10.5. The zero-order chi connectivity index (χ0) is 15.0. The number of carbonyl (C=O) groups excluding carboxylic acids is 1. The lowest BCUT2D eigenvalue weighted by atomic mass is 10.2. The van der Waals surface area contributed by atoms with Crippen LogP contribution < -0.4 is 10.2 Å². The summed E-state index contributed by atoms with van der Waals surface area (Å²) in [7, 11) is 0. The van der Waals surface area contributed by atoms with Gasteiger partial charge in [-0.2, -0.15) is 0 Å². The molecule has 3 rings (SSSR count). The Kier molecular flexibility index (Phi) is 3.88. The molecule has 0 spiro atoms. The van der Waals surface area contributed by atoms with Gasteiger partial charge in [-0.25, -0.2) is 9.29 Å². The van der Waals surface area contributed by atoms with Crippen LogP contribution in [0.15, 0.2) is 45.2 Å². The number of carbonyl (C=O) groups is 1. The highest BCUT2D eigenvalue weighted by molar-refractivity contribution is 9.11. The first kappa shape index (κ1) is 14.4. The van der Waals surface area contributed by atoms with Crippen molar-refractivity contribution in [2.24, 2.45) is 0 Å². The summed E-state index contributed by atoms with van der Waals surface area (Å²) < 4.78 is 14.8. The third-order valence-electron chi connectivity index (χ3n) is 2.87. The lowest BCUT2D eigenvalue weighted by Gasteiger charge is -2.14. The van der Waals surface area contributed by atoms with Gasteiger partial charge in [-0.05, 0) is 63.4 Å². The number of anilines is 1. The smallest absolute Gasteiger partial charge is 0.281 e. The summed E-state index contributed by atoms with van der Waals surface area (Å²) in [5, 5.41) is 4.90. The average Bonchev–Trinajstić information content (AvgIpc) is 2.96. The second-order valence-corrected chi connectivity index (χ2v) is 6.94. The van der Waals surface area contributed by atoms with Gasteiger partial charge in [-0.1, -0.05) is 12.1 Å². The third-order valence-corrected chi connectivity index (χ3v) is 4.68. The Bertz CT molecular complexity index is 772. The lowest BCUT2D eigenvalue weighted by molar-refractivity contribution is -0.113. The highest BCUT2D eigenvalue weighted by Crippen LogP contribution is 2.27. The van der Waals surface area contributed by atoms with Crippen LogP contribution in [-0.2, 0) is 4.79 Å². The molecule has 0 bridgehead atoms. The van der Waals surface area contributed by atoms with Gasteiger partial charge in [0.2, 0.25) is 0 Å². The molecule has 1 amide bonds. The van der Waals surface area contributed by atoms with Crippen molar-refractivity contribution >= 4 is 62.3 Å². The van der Waals surface area contributed by atoms with E-state index in [1.54, 1.807) is 18.2 Å². The van der Waals surface area contributed by atoms with Crippen LogP contribution in [0.25, 0.3) is 6.08 Å². The lowest BCUT2D eigenvalue weighted by Crippen LogP contribution is -2.31. The van der Waals surface area contributed by atoms with Crippen molar-refractivity contribution in [3.8, 4) is 0 Å². The van der Waals surface area contributed by atoms with E-state index in [0.717, 1.165) is 14.2 Å². The standard InChI is InChI=1S/C14H8BrFN2OS2/c15-12-6-8(7-21-12)5-10-13(19)18(14(20)17-10)11-4-2-1-3-9(11)16/h1-7H,(H,17,20)/b10-5+. The van der Waals surface area contributed by atoms with Crippen LogP contribution in [0.3, 0.4) is 0 Å². The fourth-order valence-electron chi connectivity index (χ4n) is 1.95. The molecule has 0 aliphatic carbocycles. The quantitative estimate of drug-likeness (QED) is 0.631. The van der Waals surface area contributed by atoms with Crippen molar-refractivity contribution in [2.75, 3.05) is 4.90 Å². The number of hydrogen-bond donors (Lipinski definition) is 1. The maximum absolute atomic E-state index is 13.8. The number of hydrogen-bond acceptors (Lipinski definition) is 3. The number of para-hydroxylation sites is 1. The van der Waals surface area contributed by atoms with Crippen molar-refractivity contribution in [3.63, 3.8) is 0 Å². The number of benzene rings is 1. The van der Waals surface area contributed by atoms with E-state index in [1.807, 2.05) is 11.4 Å². The fourth-order valence-corrected chi connectivity index (χ4v) is 3.38. The van der Waals surface area contributed by atoms with Crippen LogP contribution in [0.5, 0.6) is 0 Å². The first-order chi connectivity index (χ1) is 10.1. The van der Waals surface area contributed by atoms with Gasteiger partial charge in [0.05, 0.1) is 9.47 Å². The molecule has 3 nitrogen and oxygen atoms in total. The van der Waals surface area contributed by atoms with Gasteiger partial charge in [0.15, 0.2) is 5.11 Å². The summed E-state index contributed by atoms with van der Waals surface area (Å²) in [6.07, 6.45) is 1.69. The largest absolute Gasteiger partial charge is 0.327 e. The molecule has 2 heterocycles. The van der Waals surface area contributed by atoms with Gasteiger partial charge in [-0.3, -0.25) is 4.79 Å². The van der Waals surface area contributed by atoms with Crippen LogP contribution in [0, 0.1) is 5.82 Å². The van der Waals surface area contributed by atoms with Crippen LogP contribution in [-0.4, -0.2) is 11.0 Å². The molecule has 1 fully saturated rings. The number of nitrogens with zero attached hydrogens (tertiary/aromatic N) is 1. The van der Waals surface area contributed by atoms with Crippen molar-refractivity contribution in [1.29, 1.82) is 0 Å². The van der Waals surface area contributed by atoms with Gasteiger partial charge < -0.3 is 5.32 Å². The number of rotatable bonds is 2. The number of nitrogens with one attached hydrogen (secondary N) is 1. The number of thiophene rings is 1. The van der Waals surface area contributed by atoms with Crippen molar-refractivity contribution in [1.82, 2.24) is 5.32 Å². The highest BCUT2D eigenvalue weighted by atomic mass is 79.9. The summed E-state index contributed by atoms with van der Waals surface area (Å²) in [4.78, 5) is 13.6. The van der Waals surface area contributed by atoms with Crippen molar-refractivity contribution in [2.45, 2.75) is 0 Å². The number of thiocarbonyl (C=S) groups is 1. The molecule has 1 aromatic carbocycles. The van der Waals surface area contributed by atoms with Gasteiger partial charge in [0, 0.05) is 0 Å². The van der Waals surface area contributed by atoms with E-state index in [0.29, 0.717) is 5.70 Å². The van der Waals surface area contributed by atoms with E-state index in [-0.39, 0.29) is 16.7 Å². The molecule has 2 aromatic rings. The average molecular weight is 383 g/mol. The molecule has 0 radical (unpaired) electrons. The molecule has 1 aromatic heterocycles. The molecule has 21 heavy (non-hydrogen) atoms. The van der Waals surface area contributed by atoms with Crippen LogP contribution in [0.1, 0.15) is 5.56 Å². The van der Waals surface area contributed by atoms with E-state index < -0.39 is 5.82 Å². The molecule has 1 aliphatic heterocycles. The Morgan fingerprint density at radius 1 is 1.38 bits per heavy atom. The van der Waals surface area contributed by atoms with Gasteiger partial charge in [-0.15, -0.1) is 11.3 Å². The molecule has 106 valence electrons. The maximum Gasteiger partial charge on any atom is 0.281 e. The van der Waals surface area contributed by atoms with Gasteiger partial charge >= 0.3 is 0 Å². The van der Waals surface area contributed by atoms with Crippen LogP contribution in [0.4, 0.5) is 10.1 Å². The van der Waals surface area contributed by atoms with Gasteiger partial charge in [0.1, 0.15) is 11.5 Å². The van der Waals surface area contributed by atoms with Crippen LogP contribution in [0.2, 0.25) is 0 Å². The molecule has 1 N–H and O–H groups in total. The molecule has 7 heteroatoms. The Labute approximate surface area is 138 Å². The summed E-state index contributed by atoms with van der Waals surface area (Å²) >= 11 is 10.0. The zero-order valence-corrected chi connectivity index (χ0v) is 13.7. The normalized spacial score (nSPS) is 16.7. The third kappa shape index (κ3) is 2.76. The Morgan fingerprint density at radius 2 is 2.14 bits per heavy atom. The molecule has 1 aliphatic rings. The van der Waals surface area contributed by atoms with Gasteiger partial charge in [0.25, 0.3) is 5.91 Å². The van der Waals surface area contributed by atoms with E-state index in [2.05, 4.69) is 21.2 Å². The molecule has 1 saturated heterocycles. The molecular weight excluding hydrogens is 375 g/mol. The van der Waals surface area contributed by atoms with E-state index in [4.69, 9.17) is 12.2 Å². The summed E-state index contributed by atoms with van der Waals surface area (Å²) in [5.74, 6) is -0.859. The first-order valence-electron chi connectivity index (χ1n) is 5.92. The summed E-state index contributed by atoms with van der Waals surface area (Å²) in [5.41, 5.74) is 1.35. The van der Waals surface area contributed by atoms with Crippen LogP contribution >= 0.6 is 39.5 Å². The SMILES string of the molecule is O=C1/C(=C\c2csc(Br)c2)NC(=S)N1c1ccccc1F. The molecule has 0 saturated carbocycles. The minimum Gasteiger partial charge on any atom is -0.327 e. The van der Waals surface area contributed by atoms with E-state index in [9.17, 15) is 9.18 Å². The first-order valence-corrected chi connectivity index (χ1v) is 8.00. The maximum atomic E-state index is 13.8. The summed E-state index contributed by atoms with van der Waals surface area (Å²) in [6, 6.07) is 7.93. The monoisotopic (exact) mass is 382 g/mol. The van der Waals surface area contributed by atoms with E-state index >= 15 is 0 Å². The predicted octanol–water partition coefficient (Wildman–Crippen LogP) is 3.91. The topological polar surface area (TPSA) is 32.3 Å². The Balaban J connectivity index is 1.96. The molecular formula is C14H8BrFN2OS2. The van der Waals surface area contributed by atoms with E-state index in [1.165, 1.54) is 23.5 Å². The highest BCUT2D eigenvalue weighted by Gasteiger charge is 2.33. The molecule has 0 unspecified atom stereocenters. The Hall–Kier alpha value is -1.57.